The summed E-state index contributed by atoms with van der Waals surface area (Å²) in [5, 5.41) is 9.83. The second-order valence-electron chi connectivity index (χ2n) is 6.13. The Morgan fingerprint density at radius 3 is 2.74 bits per heavy atom. The van der Waals surface area contributed by atoms with E-state index in [4.69, 9.17) is 16.3 Å². The van der Waals surface area contributed by atoms with Crippen LogP contribution in [-0.4, -0.2) is 48.1 Å². The second-order valence-corrected chi connectivity index (χ2v) is 7.42. The molecule has 8 heteroatoms. The van der Waals surface area contributed by atoms with Gasteiger partial charge in [-0.3, -0.25) is 4.79 Å². The highest BCUT2D eigenvalue weighted by Gasteiger charge is 2.27. The molecule has 0 saturated carbocycles. The minimum absolute atomic E-state index is 0.0713. The van der Waals surface area contributed by atoms with Gasteiger partial charge in [0.05, 0.1) is 10.0 Å². The van der Waals surface area contributed by atoms with Gasteiger partial charge in [-0.25, -0.2) is 4.98 Å². The maximum Gasteiger partial charge on any atom is 0.263 e. The van der Waals surface area contributed by atoms with Gasteiger partial charge in [-0.15, -0.1) is 0 Å². The number of ether oxygens (including phenoxy) is 1. The number of halogens is 2. The van der Waals surface area contributed by atoms with Gasteiger partial charge in [0.25, 0.3) is 5.91 Å². The van der Waals surface area contributed by atoms with E-state index < -0.39 is 6.10 Å². The van der Waals surface area contributed by atoms with Crippen LogP contribution >= 0.6 is 27.5 Å². The summed E-state index contributed by atoms with van der Waals surface area (Å²) in [7, 11) is 0. The molecule has 0 aliphatic carbocycles. The summed E-state index contributed by atoms with van der Waals surface area (Å²) in [6.07, 6.45) is 1.06. The molecule has 1 aromatic heterocycles. The predicted octanol–water partition coefficient (Wildman–Crippen LogP) is 3.49. The number of pyridine rings is 1. The molecule has 2 aromatic rings. The first-order valence-electron chi connectivity index (χ1n) is 8.50. The standard InChI is InChI=1S/C19H18BrClN4O2/c1-13(27-17-5-4-15(21)11-16(17)20)19(26)25-9-7-24(8-10-25)18-14(12-22)3-2-6-23-18/h2-6,11,13H,7-10H2,1H3. The molecule has 1 amide bonds. The van der Waals surface area contributed by atoms with E-state index in [1.165, 1.54) is 0 Å². The summed E-state index contributed by atoms with van der Waals surface area (Å²) in [5.41, 5.74) is 0.543. The number of nitrogens with zero attached hydrogens (tertiary/aromatic N) is 4. The Morgan fingerprint density at radius 1 is 1.33 bits per heavy atom. The molecule has 1 aromatic carbocycles. The van der Waals surface area contributed by atoms with Gasteiger partial charge in [-0.05, 0) is 53.2 Å². The quantitative estimate of drug-likeness (QED) is 0.715. The van der Waals surface area contributed by atoms with E-state index in [0.29, 0.717) is 52.8 Å². The van der Waals surface area contributed by atoms with Crippen molar-refractivity contribution in [1.29, 1.82) is 5.26 Å². The SMILES string of the molecule is CC(Oc1ccc(Cl)cc1Br)C(=O)N1CCN(c2ncccc2C#N)CC1. The lowest BCUT2D eigenvalue weighted by molar-refractivity contribution is -0.138. The Morgan fingerprint density at radius 2 is 2.07 bits per heavy atom. The van der Waals surface area contributed by atoms with Crippen LogP contribution in [0.15, 0.2) is 41.0 Å². The van der Waals surface area contributed by atoms with Crippen LogP contribution in [0.4, 0.5) is 5.82 Å². The molecule has 3 rings (SSSR count). The van der Waals surface area contributed by atoms with Gasteiger partial charge in [0.1, 0.15) is 17.6 Å². The molecule has 6 nitrogen and oxygen atoms in total. The van der Waals surface area contributed by atoms with Crippen molar-refractivity contribution in [2.24, 2.45) is 0 Å². The highest BCUT2D eigenvalue weighted by atomic mass is 79.9. The van der Waals surface area contributed by atoms with Crippen molar-refractivity contribution < 1.29 is 9.53 Å². The molecule has 27 heavy (non-hydrogen) atoms. The van der Waals surface area contributed by atoms with Gasteiger partial charge < -0.3 is 14.5 Å². The topological polar surface area (TPSA) is 69.5 Å². The molecule has 1 aliphatic heterocycles. The van der Waals surface area contributed by atoms with Gasteiger partial charge in [-0.2, -0.15) is 5.26 Å². The number of anilines is 1. The number of rotatable bonds is 4. The predicted molar refractivity (Wildman–Crippen MR) is 107 cm³/mol. The van der Waals surface area contributed by atoms with Crippen LogP contribution in [0.1, 0.15) is 12.5 Å². The van der Waals surface area contributed by atoms with Crippen LogP contribution < -0.4 is 9.64 Å². The molecule has 140 valence electrons. The molecule has 0 spiro atoms. The number of nitriles is 1. The van der Waals surface area contributed by atoms with Crippen molar-refractivity contribution in [3.63, 3.8) is 0 Å². The zero-order valence-corrected chi connectivity index (χ0v) is 17.1. The van der Waals surface area contributed by atoms with E-state index in [1.54, 1.807) is 48.4 Å². The summed E-state index contributed by atoms with van der Waals surface area (Å²) in [4.78, 5) is 20.8. The smallest absolute Gasteiger partial charge is 0.263 e. The first kappa shape index (κ1) is 19.5. The van der Waals surface area contributed by atoms with Gasteiger partial charge in [-0.1, -0.05) is 11.6 Å². The third-order valence-corrected chi connectivity index (χ3v) is 5.20. The Hall–Kier alpha value is -2.30. The second kappa shape index (κ2) is 8.59. The van der Waals surface area contributed by atoms with E-state index in [9.17, 15) is 10.1 Å². The lowest BCUT2D eigenvalue weighted by Gasteiger charge is -2.36. The molecule has 1 atom stereocenters. The van der Waals surface area contributed by atoms with Crippen molar-refractivity contribution >= 4 is 39.3 Å². The number of carbonyl (C=O) groups excluding carboxylic acids is 1. The fourth-order valence-electron chi connectivity index (χ4n) is 2.94. The van der Waals surface area contributed by atoms with Crippen LogP contribution in [0.5, 0.6) is 5.75 Å². The number of amides is 1. The van der Waals surface area contributed by atoms with Gasteiger partial charge in [0.15, 0.2) is 6.10 Å². The number of hydrogen-bond acceptors (Lipinski definition) is 5. The monoisotopic (exact) mass is 448 g/mol. The average Bonchev–Trinajstić information content (AvgIpc) is 2.69. The molecule has 0 N–H and O–H groups in total. The Labute approximate surface area is 171 Å². The summed E-state index contributed by atoms with van der Waals surface area (Å²) in [6, 6.07) is 10.8. The van der Waals surface area contributed by atoms with Crippen LogP contribution in [0.25, 0.3) is 0 Å². The number of piperazine rings is 1. The van der Waals surface area contributed by atoms with Crippen molar-refractivity contribution in [3.8, 4) is 11.8 Å². The van der Waals surface area contributed by atoms with Crippen LogP contribution in [0, 0.1) is 11.3 Å². The van der Waals surface area contributed by atoms with E-state index in [2.05, 4.69) is 27.0 Å². The maximum atomic E-state index is 12.7. The van der Waals surface area contributed by atoms with Gasteiger partial charge in [0.2, 0.25) is 0 Å². The number of benzene rings is 1. The third-order valence-electron chi connectivity index (χ3n) is 4.34. The molecular weight excluding hydrogens is 432 g/mol. The Kier molecular flexibility index (Phi) is 6.19. The molecule has 1 saturated heterocycles. The summed E-state index contributed by atoms with van der Waals surface area (Å²) in [6.45, 7) is 4.08. The molecule has 2 heterocycles. The van der Waals surface area contributed by atoms with Crippen LogP contribution in [-0.2, 0) is 4.79 Å². The lowest BCUT2D eigenvalue weighted by Crippen LogP contribution is -2.52. The fourth-order valence-corrected chi connectivity index (χ4v) is 3.72. The number of hydrogen-bond donors (Lipinski definition) is 0. The van der Waals surface area contributed by atoms with Crippen molar-refractivity contribution in [1.82, 2.24) is 9.88 Å². The lowest BCUT2D eigenvalue weighted by atomic mass is 10.2. The Balaban J connectivity index is 1.60. The number of carbonyl (C=O) groups is 1. The number of aromatic nitrogens is 1. The molecule has 1 fully saturated rings. The largest absolute Gasteiger partial charge is 0.480 e. The van der Waals surface area contributed by atoms with E-state index in [1.807, 2.05) is 4.90 Å². The van der Waals surface area contributed by atoms with Crippen LogP contribution in [0.2, 0.25) is 5.02 Å². The van der Waals surface area contributed by atoms with E-state index >= 15 is 0 Å². The molecule has 1 aliphatic rings. The van der Waals surface area contributed by atoms with Crippen LogP contribution in [0.3, 0.4) is 0 Å². The van der Waals surface area contributed by atoms with Gasteiger partial charge in [0, 0.05) is 37.4 Å². The zero-order valence-electron chi connectivity index (χ0n) is 14.7. The maximum absolute atomic E-state index is 12.7. The first-order chi connectivity index (χ1) is 13.0. The minimum Gasteiger partial charge on any atom is -0.480 e. The molecule has 0 radical (unpaired) electrons. The summed E-state index contributed by atoms with van der Waals surface area (Å²) in [5.74, 6) is 1.17. The normalized spacial score (nSPS) is 15.2. The summed E-state index contributed by atoms with van der Waals surface area (Å²) >= 11 is 9.33. The highest BCUT2D eigenvalue weighted by Crippen LogP contribution is 2.29. The fraction of sp³-hybridized carbons (Fsp3) is 0.316. The van der Waals surface area contributed by atoms with E-state index in [-0.39, 0.29) is 5.91 Å². The Bertz CT molecular complexity index is 878. The zero-order chi connectivity index (χ0) is 19.4. The van der Waals surface area contributed by atoms with Crippen molar-refractivity contribution in [3.05, 3.63) is 51.6 Å². The molecule has 0 bridgehead atoms. The first-order valence-corrected chi connectivity index (χ1v) is 9.67. The van der Waals surface area contributed by atoms with Gasteiger partial charge >= 0.3 is 0 Å². The highest BCUT2D eigenvalue weighted by molar-refractivity contribution is 9.10. The minimum atomic E-state index is -0.612. The van der Waals surface area contributed by atoms with E-state index in [0.717, 1.165) is 0 Å². The van der Waals surface area contributed by atoms with Crippen molar-refractivity contribution in [2.45, 2.75) is 13.0 Å². The average molecular weight is 450 g/mol. The summed E-state index contributed by atoms with van der Waals surface area (Å²) < 4.78 is 6.50. The third kappa shape index (κ3) is 4.52. The van der Waals surface area contributed by atoms with Crippen molar-refractivity contribution in [2.75, 3.05) is 31.1 Å². The molecular formula is C19H18BrClN4O2. The molecule has 1 unspecified atom stereocenters.